The second-order valence-electron chi connectivity index (χ2n) is 3.88. The maximum absolute atomic E-state index is 11.5. The lowest BCUT2D eigenvalue weighted by molar-refractivity contribution is -0.127. The average Bonchev–Trinajstić information content (AvgIpc) is 2.29. The summed E-state index contributed by atoms with van der Waals surface area (Å²) in [5.74, 6) is 0.666. The van der Waals surface area contributed by atoms with Crippen molar-refractivity contribution in [3.8, 4) is 5.75 Å². The van der Waals surface area contributed by atoms with Crippen LogP contribution < -0.4 is 10.1 Å². The minimum absolute atomic E-state index is 0.0827. The lowest BCUT2D eigenvalue weighted by Crippen LogP contribution is -2.35. The van der Waals surface area contributed by atoms with Gasteiger partial charge in [0.25, 0.3) is 5.91 Å². The first kappa shape index (κ1) is 12.6. The molecule has 1 amide bonds. The fraction of sp³-hybridized carbons (Fsp3) is 0.462. The van der Waals surface area contributed by atoms with Crippen molar-refractivity contribution in [2.24, 2.45) is 0 Å². The van der Waals surface area contributed by atoms with Gasteiger partial charge in [0.05, 0.1) is 0 Å². The van der Waals surface area contributed by atoms with Gasteiger partial charge in [0, 0.05) is 7.05 Å². The number of carbonyl (C=O) groups is 1. The molecule has 0 aromatic heterocycles. The van der Waals surface area contributed by atoms with Crippen LogP contribution in [0.15, 0.2) is 18.2 Å². The molecule has 0 saturated heterocycles. The highest BCUT2D eigenvalue weighted by Gasteiger charge is 2.16. The molecule has 0 radical (unpaired) electrons. The second kappa shape index (κ2) is 5.54. The van der Waals surface area contributed by atoms with Crippen LogP contribution in [0.4, 0.5) is 0 Å². The Kier molecular flexibility index (Phi) is 4.35. The van der Waals surface area contributed by atoms with Crippen LogP contribution in [0.1, 0.15) is 24.5 Å². The van der Waals surface area contributed by atoms with Crippen molar-refractivity contribution in [1.29, 1.82) is 0 Å². The third-order valence-corrected chi connectivity index (χ3v) is 2.67. The number of rotatable bonds is 4. The largest absolute Gasteiger partial charge is 0.481 e. The number of hydrogen-bond acceptors (Lipinski definition) is 2. The van der Waals surface area contributed by atoms with Crippen molar-refractivity contribution in [3.05, 3.63) is 29.3 Å². The van der Waals surface area contributed by atoms with Gasteiger partial charge in [0.15, 0.2) is 6.10 Å². The van der Waals surface area contributed by atoms with Gasteiger partial charge >= 0.3 is 0 Å². The lowest BCUT2D eigenvalue weighted by atomic mass is 10.1. The Bertz CT molecular complexity index is 374. The van der Waals surface area contributed by atoms with Gasteiger partial charge in [0.1, 0.15) is 5.75 Å². The molecule has 0 aliphatic rings. The smallest absolute Gasteiger partial charge is 0.260 e. The van der Waals surface area contributed by atoms with Gasteiger partial charge in [-0.15, -0.1) is 0 Å². The molecule has 0 aliphatic heterocycles. The van der Waals surface area contributed by atoms with E-state index in [0.717, 1.165) is 5.75 Å². The van der Waals surface area contributed by atoms with Gasteiger partial charge in [-0.05, 0) is 43.5 Å². The molecule has 1 unspecified atom stereocenters. The molecule has 0 fully saturated rings. The standard InChI is InChI=1S/C13H19NO2/c1-5-12(13(15)14-4)16-11-7-6-9(2)10(3)8-11/h6-8,12H,5H2,1-4H3,(H,14,15). The summed E-state index contributed by atoms with van der Waals surface area (Å²) in [6.45, 7) is 6.01. The summed E-state index contributed by atoms with van der Waals surface area (Å²) in [5, 5.41) is 2.60. The molecule has 88 valence electrons. The number of ether oxygens (including phenoxy) is 1. The highest BCUT2D eigenvalue weighted by Crippen LogP contribution is 2.18. The van der Waals surface area contributed by atoms with Crippen LogP contribution in [0.3, 0.4) is 0 Å². The van der Waals surface area contributed by atoms with E-state index in [1.807, 2.05) is 32.0 Å². The molecular formula is C13H19NO2. The van der Waals surface area contributed by atoms with Crippen LogP contribution in [0.25, 0.3) is 0 Å². The molecule has 0 aliphatic carbocycles. The monoisotopic (exact) mass is 221 g/mol. The average molecular weight is 221 g/mol. The third kappa shape index (κ3) is 2.99. The summed E-state index contributed by atoms with van der Waals surface area (Å²) in [5.41, 5.74) is 2.39. The molecule has 1 aromatic rings. The highest BCUT2D eigenvalue weighted by molar-refractivity contribution is 5.80. The third-order valence-electron chi connectivity index (χ3n) is 2.67. The first-order valence-electron chi connectivity index (χ1n) is 5.54. The number of nitrogens with one attached hydrogen (secondary N) is 1. The predicted molar refractivity (Wildman–Crippen MR) is 64.7 cm³/mol. The second-order valence-corrected chi connectivity index (χ2v) is 3.88. The van der Waals surface area contributed by atoms with Gasteiger partial charge < -0.3 is 10.1 Å². The van der Waals surface area contributed by atoms with Crippen LogP contribution in [0.2, 0.25) is 0 Å². The predicted octanol–water partition coefficient (Wildman–Crippen LogP) is 2.21. The van der Waals surface area contributed by atoms with Gasteiger partial charge in [-0.1, -0.05) is 13.0 Å². The Labute approximate surface area is 96.8 Å². The van der Waals surface area contributed by atoms with Crippen molar-refractivity contribution in [2.75, 3.05) is 7.05 Å². The molecule has 1 atom stereocenters. The number of aryl methyl sites for hydroxylation is 2. The fourth-order valence-electron chi connectivity index (χ4n) is 1.43. The molecule has 1 N–H and O–H groups in total. The van der Waals surface area contributed by atoms with Crippen LogP contribution >= 0.6 is 0 Å². The first-order valence-corrected chi connectivity index (χ1v) is 5.54. The SMILES string of the molecule is CCC(Oc1ccc(C)c(C)c1)C(=O)NC. The van der Waals surface area contributed by atoms with Gasteiger partial charge in [-0.25, -0.2) is 0 Å². The maximum Gasteiger partial charge on any atom is 0.260 e. The topological polar surface area (TPSA) is 38.3 Å². The van der Waals surface area contributed by atoms with Crippen molar-refractivity contribution < 1.29 is 9.53 Å². The van der Waals surface area contributed by atoms with Crippen LogP contribution in [-0.4, -0.2) is 19.1 Å². The molecule has 0 spiro atoms. The number of carbonyl (C=O) groups excluding carboxylic acids is 1. The summed E-state index contributed by atoms with van der Waals surface area (Å²) in [6.07, 6.45) is 0.249. The summed E-state index contributed by atoms with van der Waals surface area (Å²) in [4.78, 5) is 11.5. The van der Waals surface area contributed by atoms with Crippen molar-refractivity contribution in [2.45, 2.75) is 33.3 Å². The zero-order chi connectivity index (χ0) is 12.1. The molecule has 16 heavy (non-hydrogen) atoms. The van der Waals surface area contributed by atoms with Crippen molar-refractivity contribution >= 4 is 5.91 Å². The van der Waals surface area contributed by atoms with E-state index >= 15 is 0 Å². The Morgan fingerprint density at radius 1 is 1.38 bits per heavy atom. The minimum atomic E-state index is -0.410. The van der Waals surface area contributed by atoms with Crippen LogP contribution in [0.5, 0.6) is 5.75 Å². The Balaban J connectivity index is 2.78. The molecule has 3 nitrogen and oxygen atoms in total. The number of hydrogen-bond donors (Lipinski definition) is 1. The molecule has 0 saturated carbocycles. The van der Waals surface area contributed by atoms with Crippen LogP contribution in [0, 0.1) is 13.8 Å². The summed E-state index contributed by atoms with van der Waals surface area (Å²) in [7, 11) is 1.62. The number of amides is 1. The van der Waals surface area contributed by atoms with E-state index in [9.17, 15) is 4.79 Å². The quantitative estimate of drug-likeness (QED) is 0.846. The van der Waals surface area contributed by atoms with E-state index < -0.39 is 6.10 Å². The summed E-state index contributed by atoms with van der Waals surface area (Å²) in [6, 6.07) is 5.86. The summed E-state index contributed by atoms with van der Waals surface area (Å²) >= 11 is 0. The van der Waals surface area contributed by atoms with Crippen molar-refractivity contribution in [3.63, 3.8) is 0 Å². The molecule has 1 rings (SSSR count). The Morgan fingerprint density at radius 2 is 2.06 bits per heavy atom. The molecule has 0 heterocycles. The highest BCUT2D eigenvalue weighted by atomic mass is 16.5. The van der Waals surface area contributed by atoms with E-state index in [1.165, 1.54) is 11.1 Å². The van der Waals surface area contributed by atoms with Gasteiger partial charge in [-0.3, -0.25) is 4.79 Å². The molecular weight excluding hydrogens is 202 g/mol. The molecule has 3 heteroatoms. The van der Waals surface area contributed by atoms with E-state index in [4.69, 9.17) is 4.74 Å². The van der Waals surface area contributed by atoms with E-state index in [0.29, 0.717) is 6.42 Å². The van der Waals surface area contributed by atoms with Crippen LogP contribution in [-0.2, 0) is 4.79 Å². The zero-order valence-electron chi connectivity index (χ0n) is 10.3. The Hall–Kier alpha value is -1.51. The van der Waals surface area contributed by atoms with Gasteiger partial charge in [-0.2, -0.15) is 0 Å². The van der Waals surface area contributed by atoms with E-state index in [-0.39, 0.29) is 5.91 Å². The Morgan fingerprint density at radius 3 is 2.56 bits per heavy atom. The van der Waals surface area contributed by atoms with Gasteiger partial charge in [0.2, 0.25) is 0 Å². The number of likely N-dealkylation sites (N-methyl/N-ethyl adjacent to an activating group) is 1. The van der Waals surface area contributed by atoms with E-state index in [1.54, 1.807) is 7.05 Å². The van der Waals surface area contributed by atoms with E-state index in [2.05, 4.69) is 12.2 Å². The molecule has 1 aromatic carbocycles. The van der Waals surface area contributed by atoms with Crippen molar-refractivity contribution in [1.82, 2.24) is 5.32 Å². The number of benzene rings is 1. The first-order chi connectivity index (χ1) is 7.58. The minimum Gasteiger partial charge on any atom is -0.481 e. The fourth-order valence-corrected chi connectivity index (χ4v) is 1.43. The lowest BCUT2D eigenvalue weighted by Gasteiger charge is -2.16. The molecule has 0 bridgehead atoms. The zero-order valence-corrected chi connectivity index (χ0v) is 10.3. The normalized spacial score (nSPS) is 12.0. The summed E-state index contributed by atoms with van der Waals surface area (Å²) < 4.78 is 5.64. The maximum atomic E-state index is 11.5.